The second-order valence-corrected chi connectivity index (χ2v) is 6.69. The molecule has 21 heavy (non-hydrogen) atoms. The molecule has 1 fully saturated rings. The molecule has 1 amide bonds. The van der Waals surface area contributed by atoms with E-state index in [2.05, 4.69) is 27.7 Å². The average molecular weight is 298 g/mol. The summed E-state index contributed by atoms with van der Waals surface area (Å²) in [5.74, 6) is 1.31. The fourth-order valence-electron chi connectivity index (χ4n) is 3.63. The average Bonchev–Trinajstić information content (AvgIpc) is 2.46. The van der Waals surface area contributed by atoms with E-state index in [9.17, 15) is 4.79 Å². The Kier molecular flexibility index (Phi) is 7.67. The number of hydrogen-bond donors (Lipinski definition) is 1. The molecule has 4 heteroatoms. The molecule has 0 radical (unpaired) electrons. The second kappa shape index (κ2) is 8.74. The highest BCUT2D eigenvalue weighted by molar-refractivity contribution is 5.79. The van der Waals surface area contributed by atoms with Crippen LogP contribution in [0.25, 0.3) is 0 Å². The van der Waals surface area contributed by atoms with Crippen LogP contribution in [-0.2, 0) is 9.53 Å². The Hall–Kier alpha value is -0.610. The van der Waals surface area contributed by atoms with Crippen molar-refractivity contribution in [3.8, 4) is 0 Å². The topological polar surface area (TPSA) is 55.6 Å². The Balaban J connectivity index is 2.83. The Morgan fingerprint density at radius 3 is 2.38 bits per heavy atom. The van der Waals surface area contributed by atoms with Gasteiger partial charge in [0.05, 0.1) is 6.61 Å². The van der Waals surface area contributed by atoms with E-state index in [0.717, 1.165) is 25.7 Å². The van der Waals surface area contributed by atoms with E-state index < -0.39 is 0 Å². The third kappa shape index (κ3) is 4.68. The number of carbonyl (C=O) groups excluding carboxylic acids is 1. The van der Waals surface area contributed by atoms with Gasteiger partial charge in [-0.05, 0) is 37.5 Å². The predicted molar refractivity (Wildman–Crippen MR) is 87.0 cm³/mol. The normalized spacial score (nSPS) is 29.7. The van der Waals surface area contributed by atoms with E-state index in [4.69, 9.17) is 10.5 Å². The minimum atomic E-state index is 0.0775. The van der Waals surface area contributed by atoms with Gasteiger partial charge in [0.25, 0.3) is 0 Å². The zero-order valence-corrected chi connectivity index (χ0v) is 14.5. The molecule has 124 valence electrons. The van der Waals surface area contributed by atoms with Crippen LogP contribution in [0.2, 0.25) is 0 Å². The summed E-state index contributed by atoms with van der Waals surface area (Å²) in [5, 5.41) is 0. The summed E-state index contributed by atoms with van der Waals surface area (Å²) >= 11 is 0. The van der Waals surface area contributed by atoms with Gasteiger partial charge in [-0.15, -0.1) is 0 Å². The number of ether oxygens (including phenoxy) is 1. The Labute approximate surface area is 130 Å². The Bertz CT molecular complexity index is 318. The molecule has 2 N–H and O–H groups in total. The minimum absolute atomic E-state index is 0.0775. The van der Waals surface area contributed by atoms with Gasteiger partial charge in [-0.2, -0.15) is 0 Å². The lowest BCUT2D eigenvalue weighted by Crippen LogP contribution is -2.50. The number of carbonyl (C=O) groups is 1. The van der Waals surface area contributed by atoms with Crippen molar-refractivity contribution in [1.82, 2.24) is 4.90 Å². The van der Waals surface area contributed by atoms with Gasteiger partial charge in [-0.3, -0.25) is 4.79 Å². The maximum atomic E-state index is 13.0. The van der Waals surface area contributed by atoms with Crippen molar-refractivity contribution in [2.45, 2.75) is 65.5 Å². The monoisotopic (exact) mass is 298 g/mol. The molecule has 1 saturated carbocycles. The second-order valence-electron chi connectivity index (χ2n) is 6.69. The van der Waals surface area contributed by atoms with Crippen molar-refractivity contribution < 1.29 is 9.53 Å². The fourth-order valence-corrected chi connectivity index (χ4v) is 3.63. The van der Waals surface area contributed by atoms with E-state index in [-0.39, 0.29) is 17.9 Å². The third-order valence-electron chi connectivity index (χ3n) is 5.21. The van der Waals surface area contributed by atoms with Crippen LogP contribution in [-0.4, -0.2) is 43.2 Å². The van der Waals surface area contributed by atoms with Crippen LogP contribution in [0.15, 0.2) is 0 Å². The van der Waals surface area contributed by atoms with Gasteiger partial charge in [0.2, 0.25) is 5.91 Å². The first-order valence-electron chi connectivity index (χ1n) is 8.51. The van der Waals surface area contributed by atoms with Gasteiger partial charge in [-0.25, -0.2) is 0 Å². The summed E-state index contributed by atoms with van der Waals surface area (Å²) in [6.07, 6.45) is 3.87. The summed E-state index contributed by atoms with van der Waals surface area (Å²) in [5.41, 5.74) is 6.21. The van der Waals surface area contributed by atoms with E-state index in [1.807, 2.05) is 4.90 Å². The smallest absolute Gasteiger partial charge is 0.226 e. The van der Waals surface area contributed by atoms with Crippen molar-refractivity contribution in [2.24, 2.45) is 23.5 Å². The van der Waals surface area contributed by atoms with Crippen molar-refractivity contribution in [3.63, 3.8) is 0 Å². The SMILES string of the molecule is CCC(CC)N(CCOC)C(=O)C1CC(N)C(C)CC1C. The van der Waals surface area contributed by atoms with Gasteiger partial charge in [0.1, 0.15) is 0 Å². The van der Waals surface area contributed by atoms with Crippen LogP contribution in [0.4, 0.5) is 0 Å². The van der Waals surface area contributed by atoms with Crippen LogP contribution in [0.5, 0.6) is 0 Å². The molecule has 4 nitrogen and oxygen atoms in total. The van der Waals surface area contributed by atoms with Crippen molar-refractivity contribution in [2.75, 3.05) is 20.3 Å². The third-order valence-corrected chi connectivity index (χ3v) is 5.21. The van der Waals surface area contributed by atoms with Crippen LogP contribution >= 0.6 is 0 Å². The minimum Gasteiger partial charge on any atom is -0.383 e. The highest BCUT2D eigenvalue weighted by Crippen LogP contribution is 2.34. The van der Waals surface area contributed by atoms with Crippen molar-refractivity contribution >= 4 is 5.91 Å². The summed E-state index contributed by atoms with van der Waals surface area (Å²) < 4.78 is 5.20. The molecule has 4 atom stereocenters. The summed E-state index contributed by atoms with van der Waals surface area (Å²) in [4.78, 5) is 15.1. The van der Waals surface area contributed by atoms with Crippen LogP contribution in [0.3, 0.4) is 0 Å². The van der Waals surface area contributed by atoms with E-state index in [1.165, 1.54) is 0 Å². The van der Waals surface area contributed by atoms with Crippen molar-refractivity contribution in [3.05, 3.63) is 0 Å². The highest BCUT2D eigenvalue weighted by Gasteiger charge is 2.38. The zero-order chi connectivity index (χ0) is 16.0. The fraction of sp³-hybridized carbons (Fsp3) is 0.941. The Morgan fingerprint density at radius 1 is 1.24 bits per heavy atom. The number of nitrogens with two attached hydrogens (primary N) is 1. The first-order chi connectivity index (χ1) is 9.96. The number of hydrogen-bond acceptors (Lipinski definition) is 3. The van der Waals surface area contributed by atoms with Gasteiger partial charge >= 0.3 is 0 Å². The molecule has 0 spiro atoms. The molecule has 0 aliphatic heterocycles. The lowest BCUT2D eigenvalue weighted by molar-refractivity contribution is -0.142. The zero-order valence-electron chi connectivity index (χ0n) is 14.5. The van der Waals surface area contributed by atoms with Crippen LogP contribution in [0.1, 0.15) is 53.4 Å². The summed E-state index contributed by atoms with van der Waals surface area (Å²) in [6, 6.07) is 0.469. The molecule has 0 saturated heterocycles. The molecule has 0 aromatic carbocycles. The molecule has 0 bridgehead atoms. The van der Waals surface area contributed by atoms with E-state index in [1.54, 1.807) is 7.11 Å². The highest BCUT2D eigenvalue weighted by atomic mass is 16.5. The van der Waals surface area contributed by atoms with Crippen molar-refractivity contribution in [1.29, 1.82) is 0 Å². The number of nitrogens with zero attached hydrogens (tertiary/aromatic N) is 1. The maximum absolute atomic E-state index is 13.0. The van der Waals surface area contributed by atoms with Gasteiger partial charge in [0.15, 0.2) is 0 Å². The van der Waals surface area contributed by atoms with Gasteiger partial charge in [-0.1, -0.05) is 27.7 Å². The number of methoxy groups -OCH3 is 1. The molecule has 0 heterocycles. The summed E-state index contributed by atoms with van der Waals surface area (Å²) in [7, 11) is 1.69. The van der Waals surface area contributed by atoms with Crippen LogP contribution < -0.4 is 5.73 Å². The Morgan fingerprint density at radius 2 is 1.86 bits per heavy atom. The molecule has 1 rings (SSSR count). The maximum Gasteiger partial charge on any atom is 0.226 e. The first-order valence-corrected chi connectivity index (χ1v) is 8.51. The van der Waals surface area contributed by atoms with E-state index in [0.29, 0.717) is 31.0 Å². The lowest BCUT2D eigenvalue weighted by atomic mass is 9.72. The molecule has 0 aromatic rings. The number of rotatable bonds is 7. The van der Waals surface area contributed by atoms with Crippen LogP contribution in [0, 0.1) is 17.8 Å². The standard InChI is InChI=1S/C17H34N2O2/c1-6-14(7-2)19(8-9-21-5)17(20)15-11-16(18)13(4)10-12(15)3/h12-16H,6-11,18H2,1-5H3. The molecule has 1 aliphatic rings. The van der Waals surface area contributed by atoms with Gasteiger partial charge in [0, 0.05) is 31.7 Å². The summed E-state index contributed by atoms with van der Waals surface area (Å²) in [6.45, 7) is 10.00. The quantitative estimate of drug-likeness (QED) is 0.786. The molecular weight excluding hydrogens is 264 g/mol. The lowest BCUT2D eigenvalue weighted by Gasteiger charge is -2.40. The molecule has 0 aromatic heterocycles. The van der Waals surface area contributed by atoms with Gasteiger partial charge < -0.3 is 15.4 Å². The first kappa shape index (κ1) is 18.4. The molecule has 4 unspecified atom stereocenters. The largest absolute Gasteiger partial charge is 0.383 e. The number of amides is 1. The molecule has 1 aliphatic carbocycles. The predicted octanol–water partition coefficient (Wildman–Crippen LogP) is 2.66. The van der Waals surface area contributed by atoms with E-state index >= 15 is 0 Å². The molecular formula is C17H34N2O2.